The number of hydrogen-bond acceptors (Lipinski definition) is 4. The van der Waals surface area contributed by atoms with E-state index < -0.39 is 10.0 Å². The van der Waals surface area contributed by atoms with Crippen LogP contribution in [0.2, 0.25) is 0 Å². The van der Waals surface area contributed by atoms with Crippen molar-refractivity contribution in [2.24, 2.45) is 0 Å². The molecule has 7 heteroatoms. The molecule has 0 saturated heterocycles. The van der Waals surface area contributed by atoms with Gasteiger partial charge in [-0.25, -0.2) is 8.42 Å². The maximum absolute atomic E-state index is 12.7. The Bertz CT molecular complexity index is 830. The van der Waals surface area contributed by atoms with Gasteiger partial charge in [0.05, 0.1) is 7.11 Å². The Morgan fingerprint density at radius 2 is 1.79 bits per heavy atom. The summed E-state index contributed by atoms with van der Waals surface area (Å²) in [5.74, 6) is -0.172. The van der Waals surface area contributed by atoms with Crippen molar-refractivity contribution in [2.45, 2.75) is 18.7 Å². The van der Waals surface area contributed by atoms with E-state index in [2.05, 4.69) is 10.0 Å². The zero-order valence-electron chi connectivity index (χ0n) is 13.8. The first-order valence-electron chi connectivity index (χ1n) is 7.43. The maximum atomic E-state index is 12.7. The molecule has 0 bridgehead atoms. The number of benzene rings is 2. The summed E-state index contributed by atoms with van der Waals surface area (Å²) in [6, 6.07) is 11.3. The number of aryl methyl sites for hydroxylation is 1. The van der Waals surface area contributed by atoms with Crippen molar-refractivity contribution < 1.29 is 17.9 Å². The van der Waals surface area contributed by atoms with Crippen LogP contribution >= 0.6 is 0 Å². The molecule has 0 heterocycles. The lowest BCUT2D eigenvalue weighted by Crippen LogP contribution is -2.23. The van der Waals surface area contributed by atoms with Gasteiger partial charge < -0.3 is 10.1 Å². The van der Waals surface area contributed by atoms with Crippen LogP contribution in [0.1, 0.15) is 22.8 Å². The van der Waals surface area contributed by atoms with Crippen molar-refractivity contribution in [2.75, 3.05) is 18.4 Å². The maximum Gasteiger partial charge on any atom is 0.265 e. The summed E-state index contributed by atoms with van der Waals surface area (Å²) in [6.07, 6.45) is 0. The van der Waals surface area contributed by atoms with Crippen LogP contribution < -0.4 is 14.8 Å². The summed E-state index contributed by atoms with van der Waals surface area (Å²) >= 11 is 0. The Morgan fingerprint density at radius 1 is 1.12 bits per heavy atom. The summed E-state index contributed by atoms with van der Waals surface area (Å²) in [5.41, 5.74) is 1.71. The lowest BCUT2D eigenvalue weighted by Gasteiger charge is -2.13. The monoisotopic (exact) mass is 348 g/mol. The van der Waals surface area contributed by atoms with Crippen LogP contribution in [0.4, 0.5) is 5.69 Å². The van der Waals surface area contributed by atoms with E-state index in [1.54, 1.807) is 31.2 Å². The fraction of sp³-hybridized carbons (Fsp3) is 0.235. The molecule has 0 atom stereocenters. The number of amides is 1. The molecular weight excluding hydrogens is 328 g/mol. The van der Waals surface area contributed by atoms with Crippen LogP contribution in [-0.4, -0.2) is 28.0 Å². The van der Waals surface area contributed by atoms with Gasteiger partial charge in [0.15, 0.2) is 0 Å². The molecule has 2 N–H and O–H groups in total. The van der Waals surface area contributed by atoms with Gasteiger partial charge in [0.1, 0.15) is 10.6 Å². The standard InChI is InChI=1S/C17H20N2O4S/c1-4-18-17(20)13-7-10-15(23-3)16(11-13)24(21,22)19-14-8-5-12(2)6-9-14/h5-11,19H,4H2,1-3H3,(H,18,20). The van der Waals surface area contributed by atoms with E-state index in [9.17, 15) is 13.2 Å². The lowest BCUT2D eigenvalue weighted by atomic mass is 10.2. The zero-order valence-corrected chi connectivity index (χ0v) is 14.6. The highest BCUT2D eigenvalue weighted by Gasteiger charge is 2.21. The average Bonchev–Trinajstić information content (AvgIpc) is 2.56. The molecule has 0 unspecified atom stereocenters. The molecule has 0 spiro atoms. The molecule has 0 fully saturated rings. The number of ether oxygens (including phenoxy) is 1. The van der Waals surface area contributed by atoms with Gasteiger partial charge in [-0.05, 0) is 44.2 Å². The van der Waals surface area contributed by atoms with Crippen molar-refractivity contribution in [3.05, 3.63) is 53.6 Å². The number of rotatable bonds is 6. The number of carbonyl (C=O) groups is 1. The summed E-state index contributed by atoms with van der Waals surface area (Å²) in [4.78, 5) is 11.9. The van der Waals surface area contributed by atoms with Crippen LogP contribution in [-0.2, 0) is 10.0 Å². The third-order valence-corrected chi connectivity index (χ3v) is 4.76. The normalized spacial score (nSPS) is 11.0. The Labute approximate surface area is 141 Å². The summed E-state index contributed by atoms with van der Waals surface area (Å²) in [5, 5.41) is 2.64. The second kappa shape index (κ2) is 7.35. The minimum atomic E-state index is -3.89. The largest absolute Gasteiger partial charge is 0.495 e. The molecule has 2 aromatic carbocycles. The van der Waals surface area contributed by atoms with Crippen LogP contribution in [0.25, 0.3) is 0 Å². The Kier molecular flexibility index (Phi) is 5.46. The summed E-state index contributed by atoms with van der Waals surface area (Å²) in [7, 11) is -2.51. The van der Waals surface area contributed by atoms with E-state index in [0.29, 0.717) is 12.2 Å². The smallest absolute Gasteiger partial charge is 0.265 e. The fourth-order valence-electron chi connectivity index (χ4n) is 2.12. The van der Waals surface area contributed by atoms with E-state index in [1.165, 1.54) is 25.3 Å². The molecule has 24 heavy (non-hydrogen) atoms. The number of nitrogens with one attached hydrogen (secondary N) is 2. The molecule has 0 aliphatic rings. The predicted molar refractivity (Wildman–Crippen MR) is 93.0 cm³/mol. The van der Waals surface area contributed by atoms with E-state index in [0.717, 1.165) is 5.56 Å². The molecule has 6 nitrogen and oxygen atoms in total. The van der Waals surface area contributed by atoms with Crippen molar-refractivity contribution in [3.63, 3.8) is 0 Å². The lowest BCUT2D eigenvalue weighted by molar-refractivity contribution is 0.0955. The average molecular weight is 348 g/mol. The van der Waals surface area contributed by atoms with Gasteiger partial charge in [-0.2, -0.15) is 0 Å². The third kappa shape index (κ3) is 4.05. The highest BCUT2D eigenvalue weighted by Crippen LogP contribution is 2.27. The molecule has 2 rings (SSSR count). The number of sulfonamides is 1. The number of methoxy groups -OCH3 is 1. The Balaban J connectivity index is 2.41. The first-order valence-corrected chi connectivity index (χ1v) is 8.91. The van der Waals surface area contributed by atoms with Gasteiger partial charge in [-0.1, -0.05) is 17.7 Å². The molecule has 0 aliphatic heterocycles. The van der Waals surface area contributed by atoms with Crippen LogP contribution in [0, 0.1) is 6.92 Å². The Hall–Kier alpha value is -2.54. The van der Waals surface area contributed by atoms with Gasteiger partial charge in [-0.3, -0.25) is 9.52 Å². The molecule has 0 aromatic heterocycles. The second-order valence-corrected chi connectivity index (χ2v) is 6.85. The van der Waals surface area contributed by atoms with E-state index in [-0.39, 0.29) is 22.1 Å². The minimum Gasteiger partial charge on any atom is -0.495 e. The topological polar surface area (TPSA) is 84.5 Å². The van der Waals surface area contributed by atoms with Gasteiger partial charge in [0.25, 0.3) is 15.9 Å². The van der Waals surface area contributed by atoms with E-state index in [1.807, 2.05) is 6.92 Å². The van der Waals surface area contributed by atoms with Gasteiger partial charge in [0.2, 0.25) is 0 Å². The van der Waals surface area contributed by atoms with Gasteiger partial charge >= 0.3 is 0 Å². The number of hydrogen-bond donors (Lipinski definition) is 2. The van der Waals surface area contributed by atoms with E-state index >= 15 is 0 Å². The van der Waals surface area contributed by atoms with Gasteiger partial charge in [-0.15, -0.1) is 0 Å². The highest BCUT2D eigenvalue weighted by molar-refractivity contribution is 7.92. The molecule has 2 aromatic rings. The van der Waals surface area contributed by atoms with Crippen molar-refractivity contribution in [1.29, 1.82) is 0 Å². The van der Waals surface area contributed by atoms with Gasteiger partial charge in [0, 0.05) is 17.8 Å². The predicted octanol–water partition coefficient (Wildman–Crippen LogP) is 2.55. The van der Waals surface area contributed by atoms with Crippen LogP contribution in [0.5, 0.6) is 5.75 Å². The quantitative estimate of drug-likeness (QED) is 0.840. The minimum absolute atomic E-state index is 0.0886. The van der Waals surface area contributed by atoms with Crippen molar-refractivity contribution >= 4 is 21.6 Å². The number of anilines is 1. The summed E-state index contributed by atoms with van der Waals surface area (Å²) in [6.45, 7) is 4.16. The zero-order chi connectivity index (χ0) is 17.7. The molecular formula is C17H20N2O4S. The third-order valence-electron chi connectivity index (χ3n) is 3.36. The second-order valence-electron chi connectivity index (χ2n) is 5.20. The molecule has 128 valence electrons. The first kappa shape index (κ1) is 17.8. The van der Waals surface area contributed by atoms with Crippen molar-refractivity contribution in [3.8, 4) is 5.75 Å². The Morgan fingerprint density at radius 3 is 2.38 bits per heavy atom. The van der Waals surface area contributed by atoms with Crippen LogP contribution in [0.3, 0.4) is 0 Å². The first-order chi connectivity index (χ1) is 11.4. The molecule has 0 saturated carbocycles. The van der Waals surface area contributed by atoms with Crippen molar-refractivity contribution in [1.82, 2.24) is 5.32 Å². The molecule has 0 aliphatic carbocycles. The SMILES string of the molecule is CCNC(=O)c1ccc(OC)c(S(=O)(=O)Nc2ccc(C)cc2)c1. The summed E-state index contributed by atoms with van der Waals surface area (Å²) < 4.78 is 33.0. The number of carbonyl (C=O) groups excluding carboxylic acids is 1. The molecule has 1 amide bonds. The van der Waals surface area contributed by atoms with Crippen LogP contribution in [0.15, 0.2) is 47.4 Å². The highest BCUT2D eigenvalue weighted by atomic mass is 32.2. The molecule has 0 radical (unpaired) electrons. The fourth-order valence-corrected chi connectivity index (χ4v) is 3.38. The van der Waals surface area contributed by atoms with E-state index in [4.69, 9.17) is 4.74 Å².